The van der Waals surface area contributed by atoms with Gasteiger partial charge in [0.1, 0.15) is 6.61 Å². The molecule has 4 rings (SSSR count). The largest absolute Gasteiger partial charge is 0.475 e. The van der Waals surface area contributed by atoms with Crippen LogP contribution in [-0.4, -0.2) is 41.4 Å². The Morgan fingerprint density at radius 1 is 1.00 bits per heavy atom. The van der Waals surface area contributed by atoms with Crippen molar-refractivity contribution in [1.82, 2.24) is 24.5 Å². The molecule has 4 aromatic rings. The van der Waals surface area contributed by atoms with Gasteiger partial charge in [0.2, 0.25) is 15.9 Å². The molecule has 0 atom stereocenters. The fourth-order valence-electron chi connectivity index (χ4n) is 2.71. The summed E-state index contributed by atoms with van der Waals surface area (Å²) in [7, 11) is -3.69. The molecule has 0 aliphatic carbocycles. The minimum atomic E-state index is -3.69. The van der Waals surface area contributed by atoms with Gasteiger partial charge in [0.25, 0.3) is 0 Å². The van der Waals surface area contributed by atoms with Gasteiger partial charge in [-0.3, -0.25) is 0 Å². The number of halogens is 2. The number of sulfonamides is 1. The summed E-state index contributed by atoms with van der Waals surface area (Å²) in [5.74, 6) is 0.764. The molecule has 0 aliphatic heterocycles. The Hall–Kier alpha value is -2.72. The minimum Gasteiger partial charge on any atom is -0.475 e. The van der Waals surface area contributed by atoms with Gasteiger partial charge >= 0.3 is 0 Å². The van der Waals surface area contributed by atoms with Crippen molar-refractivity contribution in [2.45, 2.75) is 4.90 Å². The van der Waals surface area contributed by atoms with Crippen molar-refractivity contribution < 1.29 is 13.2 Å². The van der Waals surface area contributed by atoms with Gasteiger partial charge in [-0.1, -0.05) is 41.4 Å². The highest BCUT2D eigenvalue weighted by atomic mass is 35.5. The van der Waals surface area contributed by atoms with E-state index in [1.54, 1.807) is 30.3 Å². The lowest BCUT2D eigenvalue weighted by Gasteiger charge is -2.09. The fraction of sp³-hybridized carbons (Fsp3) is 0.105. The number of aromatic nitrogens is 4. The molecule has 0 aliphatic rings. The Bertz CT molecular complexity index is 1310. The first kappa shape index (κ1) is 20.5. The van der Waals surface area contributed by atoms with Crippen molar-refractivity contribution in [1.29, 1.82) is 0 Å². The number of nitrogens with zero attached hydrogens (tertiary/aromatic N) is 4. The predicted molar refractivity (Wildman–Crippen MR) is 113 cm³/mol. The molecule has 2 aromatic carbocycles. The van der Waals surface area contributed by atoms with E-state index < -0.39 is 10.0 Å². The molecule has 0 bridgehead atoms. The lowest BCUT2D eigenvalue weighted by atomic mass is 10.2. The van der Waals surface area contributed by atoms with Crippen LogP contribution < -0.4 is 9.46 Å². The van der Waals surface area contributed by atoms with Crippen LogP contribution in [0.2, 0.25) is 10.0 Å². The maximum absolute atomic E-state index is 12.3. The van der Waals surface area contributed by atoms with Crippen molar-refractivity contribution in [3.63, 3.8) is 0 Å². The maximum Gasteiger partial charge on any atom is 0.240 e. The second-order valence-electron chi connectivity index (χ2n) is 6.15. The Morgan fingerprint density at radius 3 is 2.63 bits per heavy atom. The normalized spacial score (nSPS) is 11.7. The molecule has 0 amide bonds. The van der Waals surface area contributed by atoms with Crippen molar-refractivity contribution in [3.8, 4) is 17.3 Å². The summed E-state index contributed by atoms with van der Waals surface area (Å²) in [6, 6.07) is 16.6. The molecule has 30 heavy (non-hydrogen) atoms. The van der Waals surface area contributed by atoms with Crippen LogP contribution >= 0.6 is 23.2 Å². The van der Waals surface area contributed by atoms with Gasteiger partial charge in [0, 0.05) is 23.2 Å². The fourth-order valence-corrected chi connectivity index (χ4v) is 4.24. The molecule has 8 nitrogen and oxygen atoms in total. The molecule has 154 valence electrons. The number of rotatable bonds is 7. The first-order chi connectivity index (χ1) is 14.4. The van der Waals surface area contributed by atoms with Gasteiger partial charge in [-0.05, 0) is 36.4 Å². The first-order valence-electron chi connectivity index (χ1n) is 8.79. The van der Waals surface area contributed by atoms with E-state index in [0.717, 1.165) is 0 Å². The highest BCUT2D eigenvalue weighted by Gasteiger charge is 2.15. The van der Waals surface area contributed by atoms with Gasteiger partial charge in [0.15, 0.2) is 11.5 Å². The first-order valence-corrected chi connectivity index (χ1v) is 11.0. The van der Waals surface area contributed by atoms with Gasteiger partial charge in [-0.25, -0.2) is 13.1 Å². The van der Waals surface area contributed by atoms with Gasteiger partial charge in [-0.15, -0.1) is 15.3 Å². The third-order valence-electron chi connectivity index (χ3n) is 4.10. The van der Waals surface area contributed by atoms with Gasteiger partial charge < -0.3 is 4.74 Å². The summed E-state index contributed by atoms with van der Waals surface area (Å²) < 4.78 is 34.2. The maximum atomic E-state index is 12.3. The number of hydrogen-bond acceptors (Lipinski definition) is 6. The molecule has 0 saturated carbocycles. The van der Waals surface area contributed by atoms with Crippen molar-refractivity contribution in [2.75, 3.05) is 13.2 Å². The molecule has 0 fully saturated rings. The molecule has 0 spiro atoms. The Morgan fingerprint density at radius 2 is 1.83 bits per heavy atom. The minimum absolute atomic E-state index is 0.0497. The Balaban J connectivity index is 1.45. The van der Waals surface area contributed by atoms with Crippen LogP contribution in [0.1, 0.15) is 0 Å². The zero-order chi connectivity index (χ0) is 21.1. The van der Waals surface area contributed by atoms with E-state index in [-0.39, 0.29) is 23.9 Å². The molecule has 2 heterocycles. The second kappa shape index (κ2) is 8.57. The number of ether oxygens (including phenoxy) is 1. The van der Waals surface area contributed by atoms with E-state index in [9.17, 15) is 8.42 Å². The van der Waals surface area contributed by atoms with Crippen LogP contribution in [0.4, 0.5) is 0 Å². The standard InChI is InChI=1S/C19H15Cl2N5O3S/c20-13-4-3-5-14(12-13)30(27,28)22-10-11-29-18-9-8-17-23-24-19(26(17)25-18)15-6-1-2-7-16(15)21/h1-9,12,22H,10-11H2. The van der Waals surface area contributed by atoms with Crippen molar-refractivity contribution >= 4 is 38.9 Å². The predicted octanol–water partition coefficient (Wildman–Crippen LogP) is 3.46. The molecular weight excluding hydrogens is 449 g/mol. The third kappa shape index (κ3) is 4.39. The van der Waals surface area contributed by atoms with Crippen molar-refractivity contribution in [3.05, 3.63) is 70.7 Å². The summed E-state index contributed by atoms with van der Waals surface area (Å²) in [4.78, 5) is 0.0865. The number of nitrogens with one attached hydrogen (secondary N) is 1. The third-order valence-corrected chi connectivity index (χ3v) is 6.13. The lowest BCUT2D eigenvalue weighted by Crippen LogP contribution is -2.28. The molecule has 11 heteroatoms. The van der Waals surface area contributed by atoms with Gasteiger partial charge in [-0.2, -0.15) is 4.52 Å². The monoisotopic (exact) mass is 463 g/mol. The summed E-state index contributed by atoms with van der Waals surface area (Å²) in [5, 5.41) is 13.5. The van der Waals surface area contributed by atoms with Crippen LogP contribution in [-0.2, 0) is 10.0 Å². The molecular formula is C19H15Cl2N5O3S. The smallest absolute Gasteiger partial charge is 0.240 e. The quantitative estimate of drug-likeness (QED) is 0.421. The molecule has 0 saturated heterocycles. The zero-order valence-electron chi connectivity index (χ0n) is 15.4. The zero-order valence-corrected chi connectivity index (χ0v) is 17.7. The summed E-state index contributed by atoms with van der Waals surface area (Å²) in [6.45, 7) is 0.121. The topological polar surface area (TPSA) is 98.5 Å². The Kier molecular flexibility index (Phi) is 5.87. The highest BCUT2D eigenvalue weighted by Crippen LogP contribution is 2.26. The van der Waals surface area contributed by atoms with E-state index in [1.165, 1.54) is 16.6 Å². The van der Waals surface area contributed by atoms with Crippen molar-refractivity contribution in [2.24, 2.45) is 0 Å². The molecule has 2 aromatic heterocycles. The van der Waals surface area contributed by atoms with Crippen LogP contribution in [0.25, 0.3) is 17.0 Å². The highest BCUT2D eigenvalue weighted by molar-refractivity contribution is 7.89. The van der Waals surface area contributed by atoms with Crippen LogP contribution in [0.5, 0.6) is 5.88 Å². The second-order valence-corrected chi connectivity index (χ2v) is 8.76. The lowest BCUT2D eigenvalue weighted by molar-refractivity contribution is 0.306. The number of fused-ring (bicyclic) bond motifs is 1. The molecule has 0 radical (unpaired) electrons. The van der Waals surface area contributed by atoms with Crippen LogP contribution in [0.3, 0.4) is 0 Å². The van der Waals surface area contributed by atoms with E-state index in [0.29, 0.717) is 27.1 Å². The summed E-state index contributed by atoms with van der Waals surface area (Å²) in [5.41, 5.74) is 1.21. The summed E-state index contributed by atoms with van der Waals surface area (Å²) in [6.07, 6.45) is 0. The number of hydrogen-bond donors (Lipinski definition) is 1. The SMILES string of the molecule is O=S(=O)(NCCOc1ccc2nnc(-c3ccccc3Cl)n2n1)c1cccc(Cl)c1. The van der Waals surface area contributed by atoms with E-state index in [4.69, 9.17) is 27.9 Å². The molecule has 0 unspecified atom stereocenters. The Labute approximate surface area is 182 Å². The number of benzene rings is 2. The molecule has 1 N–H and O–H groups in total. The van der Waals surface area contributed by atoms with Crippen LogP contribution in [0.15, 0.2) is 65.6 Å². The average Bonchev–Trinajstić information content (AvgIpc) is 3.15. The van der Waals surface area contributed by atoms with E-state index >= 15 is 0 Å². The van der Waals surface area contributed by atoms with E-state index in [2.05, 4.69) is 20.0 Å². The van der Waals surface area contributed by atoms with Gasteiger partial charge in [0.05, 0.1) is 9.92 Å². The van der Waals surface area contributed by atoms with Crippen LogP contribution in [0, 0.1) is 0 Å². The summed E-state index contributed by atoms with van der Waals surface area (Å²) >= 11 is 12.1. The van der Waals surface area contributed by atoms with E-state index in [1.807, 2.05) is 18.2 Å². The average molecular weight is 464 g/mol.